The number of carbonyl (C=O) groups excluding carboxylic acids is 1. The van der Waals surface area contributed by atoms with Gasteiger partial charge in [0, 0.05) is 18.5 Å². The van der Waals surface area contributed by atoms with Crippen molar-refractivity contribution < 1.29 is 19.4 Å². The first-order chi connectivity index (χ1) is 10.9. The fourth-order valence-corrected chi connectivity index (χ4v) is 2.71. The minimum absolute atomic E-state index is 0. The average molecular weight is 359 g/mol. The molecule has 1 aromatic carbocycles. The molecule has 0 bridgehead atoms. The monoisotopic (exact) mass is 358 g/mol. The number of ether oxygens (including phenoxy) is 2. The molecule has 1 heterocycles. The second kappa shape index (κ2) is 8.55. The first-order valence-electron chi connectivity index (χ1n) is 7.79. The summed E-state index contributed by atoms with van der Waals surface area (Å²) >= 11 is 0. The molecule has 3 N–H and O–H groups in total. The van der Waals surface area contributed by atoms with Crippen molar-refractivity contribution in [1.29, 1.82) is 0 Å². The Morgan fingerprint density at radius 2 is 2.00 bits per heavy atom. The van der Waals surface area contributed by atoms with Crippen LogP contribution in [-0.2, 0) is 10.2 Å². The lowest BCUT2D eigenvalue weighted by molar-refractivity contribution is -0.123. The molecule has 1 saturated heterocycles. The van der Waals surface area contributed by atoms with Crippen LogP contribution in [0.5, 0.6) is 11.5 Å². The molecule has 1 amide bonds. The Hall–Kier alpha value is -1.50. The number of carbonyl (C=O) groups is 1. The number of β-amino-alcohol motifs (C(OH)–C–C–N with tert-alkyl or cyclic N) is 1. The van der Waals surface area contributed by atoms with Crippen molar-refractivity contribution in [3.63, 3.8) is 0 Å². The zero-order valence-corrected chi connectivity index (χ0v) is 15.4. The molecule has 1 aromatic rings. The molecule has 136 valence electrons. The van der Waals surface area contributed by atoms with Crippen LogP contribution in [0.15, 0.2) is 18.2 Å². The molecule has 6 nitrogen and oxygen atoms in total. The van der Waals surface area contributed by atoms with E-state index in [1.54, 1.807) is 14.2 Å². The summed E-state index contributed by atoms with van der Waals surface area (Å²) in [7, 11) is 3.21. The van der Waals surface area contributed by atoms with Crippen molar-refractivity contribution in [3.8, 4) is 11.5 Å². The third-order valence-electron chi connectivity index (χ3n) is 4.29. The fourth-order valence-electron chi connectivity index (χ4n) is 2.71. The molecule has 0 aliphatic carbocycles. The second-order valence-corrected chi connectivity index (χ2v) is 6.52. The van der Waals surface area contributed by atoms with Gasteiger partial charge in [-0.3, -0.25) is 4.79 Å². The molecule has 2 atom stereocenters. The Labute approximate surface area is 149 Å². The largest absolute Gasteiger partial charge is 0.493 e. The van der Waals surface area contributed by atoms with Crippen LogP contribution < -0.4 is 20.1 Å². The summed E-state index contributed by atoms with van der Waals surface area (Å²) in [6, 6.07) is 5.46. The lowest BCUT2D eigenvalue weighted by Gasteiger charge is -2.27. The van der Waals surface area contributed by atoms with Gasteiger partial charge in [-0.1, -0.05) is 19.9 Å². The molecule has 1 aliphatic heterocycles. The van der Waals surface area contributed by atoms with Crippen LogP contribution in [0.4, 0.5) is 0 Å². The number of benzene rings is 1. The first-order valence-corrected chi connectivity index (χ1v) is 7.79. The van der Waals surface area contributed by atoms with Crippen LogP contribution >= 0.6 is 12.4 Å². The normalized spacial score (nSPS) is 20.2. The molecule has 1 fully saturated rings. The van der Waals surface area contributed by atoms with E-state index in [0.717, 1.165) is 5.56 Å². The maximum Gasteiger partial charge on any atom is 0.237 e. The fraction of sp³-hybridized carbons (Fsp3) is 0.588. The summed E-state index contributed by atoms with van der Waals surface area (Å²) in [5.74, 6) is 1.28. The van der Waals surface area contributed by atoms with Gasteiger partial charge in [-0.2, -0.15) is 0 Å². The van der Waals surface area contributed by atoms with Crippen molar-refractivity contribution in [3.05, 3.63) is 23.8 Å². The van der Waals surface area contributed by atoms with Gasteiger partial charge in [-0.25, -0.2) is 0 Å². The third-order valence-corrected chi connectivity index (χ3v) is 4.29. The van der Waals surface area contributed by atoms with Gasteiger partial charge in [0.05, 0.1) is 26.4 Å². The summed E-state index contributed by atoms with van der Waals surface area (Å²) in [4.78, 5) is 12.2. The lowest BCUT2D eigenvalue weighted by atomic mass is 9.84. The van der Waals surface area contributed by atoms with Crippen LogP contribution in [0.3, 0.4) is 0 Å². The van der Waals surface area contributed by atoms with Gasteiger partial charge in [0.2, 0.25) is 5.91 Å². The highest BCUT2D eigenvalue weighted by Gasteiger charge is 2.30. The number of hydrogen-bond donors (Lipinski definition) is 3. The minimum atomic E-state index is -0.440. The van der Waals surface area contributed by atoms with Crippen molar-refractivity contribution in [2.75, 3.05) is 27.3 Å². The van der Waals surface area contributed by atoms with Crippen LogP contribution in [0.25, 0.3) is 0 Å². The van der Waals surface area contributed by atoms with Crippen LogP contribution in [0.2, 0.25) is 0 Å². The van der Waals surface area contributed by atoms with Crippen LogP contribution in [0, 0.1) is 0 Å². The maximum absolute atomic E-state index is 12.2. The molecule has 0 radical (unpaired) electrons. The van der Waals surface area contributed by atoms with E-state index >= 15 is 0 Å². The number of hydrogen-bond acceptors (Lipinski definition) is 5. The number of methoxy groups -OCH3 is 2. The molecule has 1 aliphatic rings. The van der Waals surface area contributed by atoms with E-state index in [1.165, 1.54) is 0 Å². The Morgan fingerprint density at radius 3 is 2.54 bits per heavy atom. The van der Waals surface area contributed by atoms with Gasteiger partial charge in [-0.05, 0) is 24.1 Å². The molecule has 7 heteroatoms. The van der Waals surface area contributed by atoms with Gasteiger partial charge in [0.25, 0.3) is 0 Å². The molecule has 24 heavy (non-hydrogen) atoms. The van der Waals surface area contributed by atoms with E-state index in [9.17, 15) is 9.90 Å². The van der Waals surface area contributed by atoms with Crippen molar-refractivity contribution >= 4 is 18.3 Å². The number of rotatable bonds is 6. The zero-order chi connectivity index (χ0) is 17.0. The Morgan fingerprint density at radius 1 is 1.33 bits per heavy atom. The Kier molecular flexibility index (Phi) is 7.32. The predicted molar refractivity (Wildman–Crippen MR) is 95.2 cm³/mol. The van der Waals surface area contributed by atoms with Gasteiger partial charge in [0.15, 0.2) is 11.5 Å². The number of aliphatic hydroxyl groups is 1. The lowest BCUT2D eigenvalue weighted by Crippen LogP contribution is -2.45. The number of halogens is 1. The number of aliphatic hydroxyl groups excluding tert-OH is 1. The van der Waals surface area contributed by atoms with Crippen molar-refractivity contribution in [2.24, 2.45) is 0 Å². The van der Waals surface area contributed by atoms with E-state index in [2.05, 4.69) is 24.5 Å². The SMILES string of the molecule is COc1ccc(C(C)(C)CNC(=O)C2CC(O)CN2)cc1OC.Cl. The maximum atomic E-state index is 12.2. The molecular formula is C17H27ClN2O4. The van der Waals surface area contributed by atoms with Gasteiger partial charge < -0.3 is 25.2 Å². The van der Waals surface area contributed by atoms with E-state index in [1.807, 2.05) is 18.2 Å². The minimum Gasteiger partial charge on any atom is -0.493 e. The predicted octanol–water partition coefficient (Wildman–Crippen LogP) is 1.24. The number of amides is 1. The van der Waals surface area contributed by atoms with Gasteiger partial charge in [0.1, 0.15) is 0 Å². The Balaban J connectivity index is 0.00000288. The molecule has 0 aromatic heterocycles. The Bertz CT molecular complexity index is 566. The van der Waals surface area contributed by atoms with Crippen LogP contribution in [-0.4, -0.2) is 50.5 Å². The average Bonchev–Trinajstić information content (AvgIpc) is 2.98. The van der Waals surface area contributed by atoms with E-state index in [4.69, 9.17) is 9.47 Å². The summed E-state index contributed by atoms with van der Waals surface area (Å²) in [6.07, 6.45) is 0.0208. The highest BCUT2D eigenvalue weighted by Crippen LogP contribution is 2.32. The molecule has 2 rings (SSSR count). The summed E-state index contributed by atoms with van der Waals surface area (Å²) in [5.41, 5.74) is 0.793. The quantitative estimate of drug-likeness (QED) is 0.713. The number of nitrogens with one attached hydrogen (secondary N) is 2. The van der Waals surface area contributed by atoms with Gasteiger partial charge >= 0.3 is 0 Å². The van der Waals surface area contributed by atoms with E-state index in [0.29, 0.717) is 31.0 Å². The van der Waals surface area contributed by atoms with Crippen LogP contribution in [0.1, 0.15) is 25.8 Å². The topological polar surface area (TPSA) is 79.8 Å². The molecule has 2 unspecified atom stereocenters. The zero-order valence-electron chi connectivity index (χ0n) is 14.6. The molecule has 0 saturated carbocycles. The van der Waals surface area contributed by atoms with Crippen molar-refractivity contribution in [1.82, 2.24) is 10.6 Å². The second-order valence-electron chi connectivity index (χ2n) is 6.52. The summed E-state index contributed by atoms with van der Waals surface area (Å²) in [5, 5.41) is 15.5. The summed E-state index contributed by atoms with van der Waals surface area (Å²) in [6.45, 7) is 5.09. The smallest absolute Gasteiger partial charge is 0.237 e. The molecule has 0 spiro atoms. The highest BCUT2D eigenvalue weighted by atomic mass is 35.5. The van der Waals surface area contributed by atoms with E-state index < -0.39 is 6.10 Å². The molecular weight excluding hydrogens is 332 g/mol. The van der Waals surface area contributed by atoms with Crippen molar-refractivity contribution in [2.45, 2.75) is 37.8 Å². The summed E-state index contributed by atoms with van der Waals surface area (Å²) < 4.78 is 10.6. The highest BCUT2D eigenvalue weighted by molar-refractivity contribution is 5.85. The van der Waals surface area contributed by atoms with E-state index in [-0.39, 0.29) is 29.8 Å². The third kappa shape index (κ3) is 4.75. The van der Waals surface area contributed by atoms with Gasteiger partial charge in [-0.15, -0.1) is 12.4 Å². The first kappa shape index (κ1) is 20.5. The standard InChI is InChI=1S/C17H26N2O4.ClH/c1-17(2,10-19-16(21)13-8-12(20)9-18-13)11-5-6-14(22-3)15(7-11)23-4;/h5-7,12-13,18,20H,8-10H2,1-4H3,(H,19,21);1H.